The van der Waals surface area contributed by atoms with Crippen LogP contribution in [0.3, 0.4) is 0 Å². The number of benzene rings is 2. The lowest BCUT2D eigenvalue weighted by Crippen LogP contribution is -2.36. The van der Waals surface area contributed by atoms with E-state index in [9.17, 15) is 14.0 Å². The average Bonchev–Trinajstić information content (AvgIpc) is 3.06. The van der Waals surface area contributed by atoms with Crippen molar-refractivity contribution in [3.8, 4) is 0 Å². The fourth-order valence-corrected chi connectivity index (χ4v) is 3.81. The summed E-state index contributed by atoms with van der Waals surface area (Å²) in [6.45, 7) is 1.90. The number of hydrogen-bond donors (Lipinski definition) is 0. The highest BCUT2D eigenvalue weighted by Crippen LogP contribution is 2.31. The van der Waals surface area contributed by atoms with Crippen LogP contribution in [0.5, 0.6) is 0 Å². The van der Waals surface area contributed by atoms with Gasteiger partial charge in [-0.3, -0.25) is 9.59 Å². The highest BCUT2D eigenvalue weighted by molar-refractivity contribution is 6.06. The number of anilines is 1. The van der Waals surface area contributed by atoms with Gasteiger partial charge in [-0.05, 0) is 48.6 Å². The Hall–Kier alpha value is -2.69. The molecule has 2 aliphatic rings. The number of nitrogens with zero attached hydrogens (tertiary/aromatic N) is 2. The summed E-state index contributed by atoms with van der Waals surface area (Å²) < 4.78 is 14.3. The standard InChI is InChI=1S/C21H21FN2O2/c22-18-6-1-4-16-5-2-13-24(20(16)18)21(26)17-10-8-15(9-11-17)14-23-12-3-7-19(23)25/h1,4,6,8-11H,2-3,5,7,12-14H2. The molecule has 2 aromatic carbocycles. The molecule has 0 atom stereocenters. The molecule has 0 aromatic heterocycles. The second-order valence-electron chi connectivity index (χ2n) is 6.92. The van der Waals surface area contributed by atoms with Crippen LogP contribution in [0.25, 0.3) is 0 Å². The van der Waals surface area contributed by atoms with Gasteiger partial charge in [-0.2, -0.15) is 0 Å². The molecule has 2 amide bonds. The lowest BCUT2D eigenvalue weighted by molar-refractivity contribution is -0.128. The lowest BCUT2D eigenvalue weighted by Gasteiger charge is -2.30. The van der Waals surface area contributed by atoms with Crippen molar-refractivity contribution in [2.24, 2.45) is 0 Å². The number of amides is 2. The smallest absolute Gasteiger partial charge is 0.258 e. The Kier molecular flexibility index (Phi) is 4.45. The lowest BCUT2D eigenvalue weighted by atomic mass is 10.00. The van der Waals surface area contributed by atoms with E-state index >= 15 is 0 Å². The Morgan fingerprint density at radius 2 is 1.77 bits per heavy atom. The first-order valence-corrected chi connectivity index (χ1v) is 9.09. The molecular weight excluding hydrogens is 331 g/mol. The van der Waals surface area contributed by atoms with E-state index in [-0.39, 0.29) is 17.6 Å². The molecule has 0 spiro atoms. The fourth-order valence-electron chi connectivity index (χ4n) is 3.81. The molecule has 0 aliphatic carbocycles. The number of fused-ring (bicyclic) bond motifs is 1. The zero-order valence-electron chi connectivity index (χ0n) is 14.6. The fraction of sp³-hybridized carbons (Fsp3) is 0.333. The zero-order chi connectivity index (χ0) is 18.1. The maximum atomic E-state index is 14.3. The van der Waals surface area contributed by atoms with Crippen LogP contribution in [0.2, 0.25) is 0 Å². The van der Waals surface area contributed by atoms with E-state index in [1.54, 1.807) is 23.1 Å². The molecule has 0 radical (unpaired) electrons. The van der Waals surface area contributed by atoms with Crippen molar-refractivity contribution in [1.82, 2.24) is 4.90 Å². The van der Waals surface area contributed by atoms with Crippen LogP contribution in [-0.2, 0) is 17.8 Å². The van der Waals surface area contributed by atoms with Gasteiger partial charge < -0.3 is 9.80 Å². The van der Waals surface area contributed by atoms with E-state index in [1.165, 1.54) is 6.07 Å². The van der Waals surface area contributed by atoms with Crippen molar-refractivity contribution in [3.63, 3.8) is 0 Å². The monoisotopic (exact) mass is 352 g/mol. The van der Waals surface area contributed by atoms with E-state index in [1.807, 2.05) is 23.1 Å². The molecule has 2 heterocycles. The van der Waals surface area contributed by atoms with Crippen molar-refractivity contribution < 1.29 is 14.0 Å². The highest BCUT2D eigenvalue weighted by atomic mass is 19.1. The molecule has 0 saturated carbocycles. The summed E-state index contributed by atoms with van der Waals surface area (Å²) in [5, 5.41) is 0. The Morgan fingerprint density at radius 3 is 2.50 bits per heavy atom. The molecule has 1 fully saturated rings. The molecule has 2 aliphatic heterocycles. The molecule has 26 heavy (non-hydrogen) atoms. The van der Waals surface area contributed by atoms with Gasteiger partial charge in [0, 0.05) is 31.6 Å². The van der Waals surface area contributed by atoms with Crippen molar-refractivity contribution in [3.05, 3.63) is 65.0 Å². The highest BCUT2D eigenvalue weighted by Gasteiger charge is 2.26. The number of halogens is 1. The minimum Gasteiger partial charge on any atom is -0.338 e. The van der Waals surface area contributed by atoms with Gasteiger partial charge in [0.1, 0.15) is 5.82 Å². The molecule has 2 aromatic rings. The zero-order valence-corrected chi connectivity index (χ0v) is 14.6. The van der Waals surface area contributed by atoms with Crippen LogP contribution < -0.4 is 4.90 Å². The van der Waals surface area contributed by atoms with E-state index in [0.29, 0.717) is 30.8 Å². The molecule has 4 nitrogen and oxygen atoms in total. The Labute approximate surface area is 152 Å². The summed E-state index contributed by atoms with van der Waals surface area (Å²) in [4.78, 5) is 28.0. The summed E-state index contributed by atoms with van der Waals surface area (Å²) in [6, 6.07) is 12.3. The number of para-hydroxylation sites is 1. The van der Waals surface area contributed by atoms with Gasteiger partial charge in [-0.1, -0.05) is 24.3 Å². The van der Waals surface area contributed by atoms with Crippen LogP contribution in [0, 0.1) is 5.82 Å². The number of aryl methyl sites for hydroxylation is 1. The summed E-state index contributed by atoms with van der Waals surface area (Å²) >= 11 is 0. The second kappa shape index (κ2) is 6.90. The maximum Gasteiger partial charge on any atom is 0.258 e. The quantitative estimate of drug-likeness (QED) is 0.848. The average molecular weight is 352 g/mol. The van der Waals surface area contributed by atoms with Crippen molar-refractivity contribution in [2.75, 3.05) is 18.0 Å². The topological polar surface area (TPSA) is 40.6 Å². The third-order valence-electron chi connectivity index (χ3n) is 5.16. The van der Waals surface area contributed by atoms with Crippen molar-refractivity contribution in [2.45, 2.75) is 32.2 Å². The minimum absolute atomic E-state index is 0.181. The maximum absolute atomic E-state index is 14.3. The second-order valence-corrected chi connectivity index (χ2v) is 6.92. The number of likely N-dealkylation sites (tertiary alicyclic amines) is 1. The van der Waals surface area contributed by atoms with Crippen molar-refractivity contribution in [1.29, 1.82) is 0 Å². The molecule has 5 heteroatoms. The van der Waals surface area contributed by atoms with Gasteiger partial charge in [0.15, 0.2) is 0 Å². The normalized spacial score (nSPS) is 16.7. The molecular formula is C21H21FN2O2. The first-order chi connectivity index (χ1) is 12.6. The minimum atomic E-state index is -0.347. The first kappa shape index (κ1) is 16.8. The van der Waals surface area contributed by atoms with Crippen LogP contribution in [0.1, 0.15) is 40.7 Å². The molecule has 134 valence electrons. The Bertz CT molecular complexity index is 848. The number of hydrogen-bond acceptors (Lipinski definition) is 2. The number of carbonyl (C=O) groups excluding carboxylic acids is 2. The third-order valence-corrected chi connectivity index (χ3v) is 5.16. The summed E-state index contributed by atoms with van der Waals surface area (Å²) in [5.41, 5.74) is 2.84. The largest absolute Gasteiger partial charge is 0.338 e. The predicted octanol–water partition coefficient (Wildman–Crippen LogP) is 3.54. The van der Waals surface area contributed by atoms with Crippen LogP contribution in [0.15, 0.2) is 42.5 Å². The number of rotatable bonds is 3. The van der Waals surface area contributed by atoms with E-state index in [4.69, 9.17) is 0 Å². The molecule has 0 N–H and O–H groups in total. The van der Waals surface area contributed by atoms with Gasteiger partial charge >= 0.3 is 0 Å². The van der Waals surface area contributed by atoms with Gasteiger partial charge in [-0.25, -0.2) is 4.39 Å². The predicted molar refractivity (Wildman–Crippen MR) is 97.5 cm³/mol. The summed E-state index contributed by atoms with van der Waals surface area (Å²) in [6.07, 6.45) is 3.16. The van der Waals surface area contributed by atoms with E-state index < -0.39 is 0 Å². The number of carbonyl (C=O) groups is 2. The molecule has 0 bridgehead atoms. The van der Waals surface area contributed by atoms with Crippen LogP contribution >= 0.6 is 0 Å². The molecule has 1 saturated heterocycles. The van der Waals surface area contributed by atoms with Gasteiger partial charge in [0.05, 0.1) is 5.69 Å². The van der Waals surface area contributed by atoms with Crippen molar-refractivity contribution >= 4 is 17.5 Å². The summed E-state index contributed by atoms with van der Waals surface area (Å²) in [5.74, 6) is -0.342. The van der Waals surface area contributed by atoms with E-state index in [0.717, 1.165) is 36.9 Å². The molecule has 0 unspecified atom stereocenters. The summed E-state index contributed by atoms with van der Waals surface area (Å²) in [7, 11) is 0. The van der Waals surface area contributed by atoms with Crippen LogP contribution in [0.4, 0.5) is 10.1 Å². The first-order valence-electron chi connectivity index (χ1n) is 9.09. The third kappa shape index (κ3) is 3.09. The van der Waals surface area contributed by atoms with Crippen LogP contribution in [-0.4, -0.2) is 29.8 Å². The van der Waals surface area contributed by atoms with Gasteiger partial charge in [0.2, 0.25) is 5.91 Å². The van der Waals surface area contributed by atoms with E-state index in [2.05, 4.69) is 0 Å². The van der Waals surface area contributed by atoms with Gasteiger partial charge in [0.25, 0.3) is 5.91 Å². The Balaban J connectivity index is 1.53. The van der Waals surface area contributed by atoms with Gasteiger partial charge in [-0.15, -0.1) is 0 Å². The molecule has 4 rings (SSSR count). The SMILES string of the molecule is O=C1CCCN1Cc1ccc(C(=O)N2CCCc3cccc(F)c32)cc1. The Morgan fingerprint density at radius 1 is 1.00 bits per heavy atom.